The van der Waals surface area contributed by atoms with E-state index >= 15 is 0 Å². The first kappa shape index (κ1) is 21.9. The van der Waals surface area contributed by atoms with Gasteiger partial charge in [0.1, 0.15) is 6.33 Å². The zero-order chi connectivity index (χ0) is 23.1. The molecule has 0 aliphatic carbocycles. The average Bonchev–Trinajstić information content (AvgIpc) is 3.56. The Kier molecular flexibility index (Phi) is 5.83. The number of aromatic nitrogens is 5. The number of hydrogen-bond acceptors (Lipinski definition) is 9. The van der Waals surface area contributed by atoms with Crippen LogP contribution in [0.15, 0.2) is 11.1 Å². The highest BCUT2D eigenvalue weighted by molar-refractivity contribution is 7.38. The van der Waals surface area contributed by atoms with Gasteiger partial charge in [0.25, 0.3) is 5.91 Å². The van der Waals surface area contributed by atoms with Crippen LogP contribution in [0.5, 0.6) is 0 Å². The number of nitrogens with zero attached hydrogens (tertiary/aromatic N) is 6. The maximum atomic E-state index is 13.1. The van der Waals surface area contributed by atoms with Crippen molar-refractivity contribution < 1.29 is 23.9 Å². The van der Waals surface area contributed by atoms with Crippen molar-refractivity contribution in [3.8, 4) is 0 Å². The van der Waals surface area contributed by atoms with Gasteiger partial charge in [-0.2, -0.15) is 4.68 Å². The van der Waals surface area contributed by atoms with Crippen LogP contribution in [-0.2, 0) is 26.1 Å². The molecule has 2 bridgehead atoms. The molecule has 5 heterocycles. The number of fused-ring (bicyclic) bond motifs is 3. The molecule has 0 aromatic carbocycles. The molecule has 3 saturated heterocycles. The monoisotopic (exact) mass is 477 g/mol. The highest BCUT2D eigenvalue weighted by Crippen LogP contribution is 2.45. The predicted octanol–water partition coefficient (Wildman–Crippen LogP) is -1.63. The molecule has 33 heavy (non-hydrogen) atoms. The Labute approximate surface area is 189 Å². The summed E-state index contributed by atoms with van der Waals surface area (Å²) in [4.78, 5) is 56.3. The number of rotatable bonds is 5. The third-order valence-electron chi connectivity index (χ3n) is 6.42. The second-order valence-corrected chi connectivity index (χ2v) is 9.81. The fourth-order valence-electron chi connectivity index (χ4n) is 4.78. The minimum atomic E-state index is -0.681. The zero-order valence-electron chi connectivity index (χ0n) is 18.0. The molecule has 3 fully saturated rings. The topological polar surface area (TPSA) is 150 Å². The van der Waals surface area contributed by atoms with Gasteiger partial charge in [-0.25, -0.2) is 14.2 Å². The van der Waals surface area contributed by atoms with Crippen LogP contribution in [0.1, 0.15) is 23.3 Å². The van der Waals surface area contributed by atoms with Crippen LogP contribution >= 0.6 is 8.58 Å². The molecule has 5 rings (SSSR count). The van der Waals surface area contributed by atoms with Gasteiger partial charge in [0.05, 0.1) is 24.0 Å². The summed E-state index contributed by atoms with van der Waals surface area (Å²) in [7, 11) is 2.30. The minimum Gasteiger partial charge on any atom is -0.444 e. The van der Waals surface area contributed by atoms with E-state index in [-0.39, 0.29) is 29.5 Å². The summed E-state index contributed by atoms with van der Waals surface area (Å²) in [6, 6.07) is 0. The van der Waals surface area contributed by atoms with Gasteiger partial charge in [-0.15, -0.1) is 13.7 Å². The van der Waals surface area contributed by atoms with E-state index in [0.29, 0.717) is 19.5 Å². The summed E-state index contributed by atoms with van der Waals surface area (Å²) in [5.74, 6) is -2.50. The lowest BCUT2D eigenvalue weighted by Crippen LogP contribution is -2.48. The quantitative estimate of drug-likeness (QED) is 0.304. The lowest BCUT2D eigenvalue weighted by Gasteiger charge is -2.33. The van der Waals surface area contributed by atoms with Crippen molar-refractivity contribution in [3.05, 3.63) is 22.5 Å². The number of amides is 2. The van der Waals surface area contributed by atoms with Gasteiger partial charge in [-0.1, -0.05) is 5.21 Å². The summed E-state index contributed by atoms with van der Waals surface area (Å²) in [5.41, 5.74) is -0.617. The molecule has 3 aliphatic heterocycles. The number of nitrogens with one attached hydrogen (secondary N) is 1. The van der Waals surface area contributed by atoms with E-state index in [0.717, 1.165) is 36.4 Å². The molecular formula is C19H24N7O6P. The van der Waals surface area contributed by atoms with Gasteiger partial charge in [0.15, 0.2) is 18.1 Å². The van der Waals surface area contributed by atoms with E-state index in [1.807, 2.05) is 4.90 Å². The lowest BCUT2D eigenvalue weighted by atomic mass is 9.78. The van der Waals surface area contributed by atoms with E-state index in [2.05, 4.69) is 20.6 Å². The van der Waals surface area contributed by atoms with E-state index in [1.54, 1.807) is 0 Å². The second-order valence-electron chi connectivity index (χ2n) is 8.31. The molecule has 2 aromatic rings. The summed E-state index contributed by atoms with van der Waals surface area (Å²) >= 11 is 0. The van der Waals surface area contributed by atoms with Gasteiger partial charge in [0.2, 0.25) is 5.91 Å². The highest BCUT2D eigenvalue weighted by atomic mass is 31.1. The van der Waals surface area contributed by atoms with E-state index in [4.69, 9.17) is 9.47 Å². The van der Waals surface area contributed by atoms with Crippen molar-refractivity contribution >= 4 is 32.0 Å². The van der Waals surface area contributed by atoms with Gasteiger partial charge in [-0.05, 0) is 25.2 Å². The van der Waals surface area contributed by atoms with Crippen LogP contribution in [0.3, 0.4) is 0 Å². The van der Waals surface area contributed by atoms with Gasteiger partial charge < -0.3 is 19.7 Å². The van der Waals surface area contributed by atoms with Crippen LogP contribution in [-0.4, -0.2) is 91.4 Å². The van der Waals surface area contributed by atoms with Gasteiger partial charge >= 0.3 is 11.7 Å². The Bertz CT molecular complexity index is 1160. The highest BCUT2D eigenvalue weighted by Gasteiger charge is 2.56. The number of ether oxygens (including phenoxy) is 2. The smallest absolute Gasteiger partial charge is 0.352 e. The molecule has 2 aromatic heterocycles. The molecule has 2 amide bonds. The first-order valence-corrected chi connectivity index (χ1v) is 12.2. The van der Waals surface area contributed by atoms with Crippen molar-refractivity contribution in [1.29, 1.82) is 0 Å². The van der Waals surface area contributed by atoms with Crippen molar-refractivity contribution in [3.63, 3.8) is 0 Å². The van der Waals surface area contributed by atoms with Crippen LogP contribution in [0.2, 0.25) is 0 Å². The fourth-order valence-corrected chi connectivity index (χ4v) is 5.89. The summed E-state index contributed by atoms with van der Waals surface area (Å²) < 4.78 is 13.3. The van der Waals surface area contributed by atoms with Crippen molar-refractivity contribution in [1.82, 2.24) is 34.6 Å². The van der Waals surface area contributed by atoms with Gasteiger partial charge in [0, 0.05) is 20.1 Å². The Morgan fingerprint density at radius 1 is 1.21 bits per heavy atom. The molecule has 0 spiro atoms. The third kappa shape index (κ3) is 3.89. The Morgan fingerprint density at radius 2 is 1.94 bits per heavy atom. The molecule has 3 aliphatic rings. The molecule has 4 atom stereocenters. The van der Waals surface area contributed by atoms with Crippen molar-refractivity contribution in [2.45, 2.75) is 25.0 Å². The Morgan fingerprint density at radius 3 is 2.70 bits per heavy atom. The van der Waals surface area contributed by atoms with Crippen LogP contribution in [0.4, 0.5) is 0 Å². The number of carbonyl (C=O) groups excluding carboxylic acids is 3. The maximum Gasteiger partial charge on any atom is 0.352 e. The molecule has 0 radical (unpaired) electrons. The first-order chi connectivity index (χ1) is 16.0. The third-order valence-corrected chi connectivity index (χ3v) is 7.57. The molecular weight excluding hydrogens is 453 g/mol. The van der Waals surface area contributed by atoms with E-state index < -0.39 is 36.1 Å². The molecule has 14 heteroatoms. The summed E-state index contributed by atoms with van der Waals surface area (Å²) in [6.45, 7) is 1.02. The molecule has 0 saturated carbocycles. The number of esters is 1. The van der Waals surface area contributed by atoms with Crippen molar-refractivity contribution in [2.75, 3.05) is 32.1 Å². The standard InChI is InChI=1S/C19H24N7O6P/c1-24-19(30)26-8-20-14(15(26)22-23-24)16(27)21-9-31-18(29)13-11-3-2-10(32-11)12(13)17(28)25-4-6-33-7-5-25/h8,10-13,33H,2-7,9H2,1H3,(H,21,27). The molecule has 176 valence electrons. The SMILES string of the molecule is Cn1nnc2c(C(=O)NCOC(=O)C3C4CCC(O4)C3C(=O)N3CCPCC3)ncn2c1=O. The average molecular weight is 477 g/mol. The predicted molar refractivity (Wildman–Crippen MR) is 114 cm³/mol. The van der Waals surface area contributed by atoms with E-state index in [1.165, 1.54) is 13.4 Å². The number of hydrogen-bond donors (Lipinski definition) is 1. The van der Waals surface area contributed by atoms with E-state index in [9.17, 15) is 19.2 Å². The minimum absolute atomic E-state index is 0.00349. The van der Waals surface area contributed by atoms with Gasteiger partial charge in [-0.3, -0.25) is 14.4 Å². The number of imidazole rings is 1. The number of carbonyl (C=O) groups is 3. The summed E-state index contributed by atoms with van der Waals surface area (Å²) in [5, 5.41) is 9.91. The molecule has 4 unspecified atom stereocenters. The number of aryl methyl sites for hydroxylation is 1. The summed E-state index contributed by atoms with van der Waals surface area (Å²) in [6.07, 6.45) is 4.01. The maximum absolute atomic E-state index is 13.1. The van der Waals surface area contributed by atoms with Crippen molar-refractivity contribution in [2.24, 2.45) is 18.9 Å². The Balaban J connectivity index is 1.22. The normalized spacial score (nSPS) is 26.5. The van der Waals surface area contributed by atoms with Crippen LogP contribution in [0, 0.1) is 11.8 Å². The fraction of sp³-hybridized carbons (Fsp3) is 0.632. The first-order valence-electron chi connectivity index (χ1n) is 10.8. The molecule has 1 N–H and O–H groups in total. The largest absolute Gasteiger partial charge is 0.444 e. The van der Waals surface area contributed by atoms with Crippen LogP contribution < -0.4 is 11.0 Å². The second kappa shape index (κ2) is 8.79. The lowest BCUT2D eigenvalue weighted by molar-refractivity contribution is -0.156. The molecule has 13 nitrogen and oxygen atoms in total. The zero-order valence-corrected chi connectivity index (χ0v) is 19.0. The van der Waals surface area contributed by atoms with Crippen LogP contribution in [0.25, 0.3) is 5.65 Å². The Hall–Kier alpha value is -2.92.